The van der Waals surface area contributed by atoms with Crippen LogP contribution in [0.3, 0.4) is 0 Å². The van der Waals surface area contributed by atoms with Gasteiger partial charge in [-0.2, -0.15) is 0 Å². The van der Waals surface area contributed by atoms with Crippen LogP contribution in [0.15, 0.2) is 54.2 Å². The summed E-state index contributed by atoms with van der Waals surface area (Å²) in [7, 11) is 0. The molecular weight excluding hydrogens is 314 g/mol. The van der Waals surface area contributed by atoms with Crippen molar-refractivity contribution in [3.05, 3.63) is 71.2 Å². The van der Waals surface area contributed by atoms with Crippen LogP contribution in [-0.4, -0.2) is 16.5 Å². The second-order valence-corrected chi connectivity index (χ2v) is 6.16. The molecule has 1 fully saturated rings. The van der Waals surface area contributed by atoms with Crippen LogP contribution < -0.4 is 10.6 Å². The number of aromatic nitrogens is 1. The molecule has 2 N–H and O–H groups in total. The number of nitrogens with zero attached hydrogens (tertiary/aromatic N) is 1. The van der Waals surface area contributed by atoms with E-state index >= 15 is 0 Å². The van der Waals surface area contributed by atoms with Gasteiger partial charge in [0.15, 0.2) is 0 Å². The molecule has 0 spiro atoms. The number of nitrogens with one attached hydrogen (secondary N) is 2. The zero-order valence-corrected chi connectivity index (χ0v) is 14.0. The highest BCUT2D eigenvalue weighted by Gasteiger charge is 2.23. The van der Waals surface area contributed by atoms with E-state index in [1.807, 2.05) is 32.0 Å². The normalized spacial score (nSPS) is 15.7. The molecule has 124 valence electrons. The third-order valence-corrected chi connectivity index (χ3v) is 4.48. The van der Waals surface area contributed by atoms with E-state index < -0.39 is 11.9 Å². The highest BCUT2D eigenvalue weighted by Crippen LogP contribution is 2.25. The van der Waals surface area contributed by atoms with Gasteiger partial charge in [0.25, 0.3) is 5.91 Å². The first-order valence-electron chi connectivity index (χ1n) is 8.05. The monoisotopic (exact) mass is 331 g/mol. The number of fused-ring (bicyclic) bond motifs is 1. The lowest BCUT2D eigenvalue weighted by molar-refractivity contribution is -0.115. The maximum atomic E-state index is 11.7. The van der Waals surface area contributed by atoms with Crippen LogP contribution in [-0.2, 0) is 4.79 Å². The Hall–Kier alpha value is -3.34. The van der Waals surface area contributed by atoms with Gasteiger partial charge in [-0.25, -0.2) is 4.79 Å². The molecule has 25 heavy (non-hydrogen) atoms. The van der Waals surface area contributed by atoms with E-state index in [2.05, 4.69) is 45.5 Å². The van der Waals surface area contributed by atoms with E-state index in [0.717, 1.165) is 22.6 Å². The lowest BCUT2D eigenvalue weighted by atomic mass is 10.1. The van der Waals surface area contributed by atoms with E-state index in [9.17, 15) is 9.59 Å². The number of imide groups is 1. The molecule has 1 aliphatic rings. The molecule has 5 nitrogen and oxygen atoms in total. The number of benzene rings is 2. The number of aryl methyl sites for hydroxylation is 1. The van der Waals surface area contributed by atoms with Gasteiger partial charge in [-0.3, -0.25) is 10.1 Å². The highest BCUT2D eigenvalue weighted by molar-refractivity contribution is 6.14. The molecule has 0 atom stereocenters. The van der Waals surface area contributed by atoms with E-state index in [0.29, 0.717) is 0 Å². The van der Waals surface area contributed by atoms with Crippen LogP contribution in [0.5, 0.6) is 0 Å². The topological polar surface area (TPSA) is 63.1 Å². The van der Waals surface area contributed by atoms with Crippen molar-refractivity contribution in [2.45, 2.75) is 13.8 Å². The first-order valence-corrected chi connectivity index (χ1v) is 8.05. The predicted octanol–water partition coefficient (Wildman–Crippen LogP) is 3.43. The first-order chi connectivity index (χ1) is 12.0. The summed E-state index contributed by atoms with van der Waals surface area (Å²) >= 11 is 0. The van der Waals surface area contributed by atoms with E-state index in [1.54, 1.807) is 6.08 Å². The minimum Gasteiger partial charge on any atom is -0.318 e. The van der Waals surface area contributed by atoms with E-state index in [-0.39, 0.29) is 5.70 Å². The van der Waals surface area contributed by atoms with Crippen LogP contribution >= 0.6 is 0 Å². The Balaban J connectivity index is 1.80. The third kappa shape index (κ3) is 2.59. The molecule has 3 aromatic rings. The Kier molecular flexibility index (Phi) is 3.42. The van der Waals surface area contributed by atoms with Crippen LogP contribution in [0.2, 0.25) is 0 Å². The Bertz CT molecular complexity index is 1060. The van der Waals surface area contributed by atoms with Crippen LogP contribution in [0.1, 0.15) is 17.0 Å². The minimum absolute atomic E-state index is 0.267. The molecule has 0 radical (unpaired) electrons. The molecular formula is C20H17N3O2. The average Bonchev–Trinajstić information content (AvgIpc) is 3.05. The fourth-order valence-corrected chi connectivity index (χ4v) is 3.28. The van der Waals surface area contributed by atoms with E-state index in [4.69, 9.17) is 0 Å². The number of carbonyl (C=O) groups is 2. The SMILES string of the molecule is Cc1cc(/C=C2\NC(=O)NC2=O)c(C)n1-c1ccc2ccccc2c1. The van der Waals surface area contributed by atoms with Gasteiger partial charge in [0.2, 0.25) is 0 Å². The lowest BCUT2D eigenvalue weighted by Gasteiger charge is -2.11. The number of hydrogen-bond acceptors (Lipinski definition) is 2. The third-order valence-electron chi connectivity index (χ3n) is 4.48. The Morgan fingerprint density at radius 2 is 1.68 bits per heavy atom. The second-order valence-electron chi connectivity index (χ2n) is 6.16. The summed E-state index contributed by atoms with van der Waals surface area (Å²) in [5.41, 5.74) is 4.30. The molecule has 0 saturated carbocycles. The summed E-state index contributed by atoms with van der Waals surface area (Å²) < 4.78 is 2.15. The predicted molar refractivity (Wildman–Crippen MR) is 97.4 cm³/mol. The van der Waals surface area contributed by atoms with Crippen molar-refractivity contribution >= 4 is 28.8 Å². The zero-order valence-electron chi connectivity index (χ0n) is 14.0. The van der Waals surface area contributed by atoms with Crippen LogP contribution in [0.4, 0.5) is 4.79 Å². The molecule has 1 saturated heterocycles. The highest BCUT2D eigenvalue weighted by atomic mass is 16.2. The Labute approximate surface area is 145 Å². The fraction of sp³-hybridized carbons (Fsp3) is 0.100. The molecule has 4 rings (SSSR count). The van der Waals surface area contributed by atoms with Gasteiger partial charge >= 0.3 is 6.03 Å². The van der Waals surface area contributed by atoms with E-state index in [1.165, 1.54) is 10.8 Å². The van der Waals surface area contributed by atoms with Crippen LogP contribution in [0.25, 0.3) is 22.5 Å². The van der Waals surface area contributed by atoms with Crippen molar-refractivity contribution in [1.29, 1.82) is 0 Å². The average molecular weight is 331 g/mol. The molecule has 1 aliphatic heterocycles. The summed E-state index contributed by atoms with van der Waals surface area (Å²) in [5.74, 6) is -0.402. The lowest BCUT2D eigenvalue weighted by Crippen LogP contribution is -2.22. The molecule has 1 aromatic heterocycles. The second kappa shape index (κ2) is 5.63. The summed E-state index contributed by atoms with van der Waals surface area (Å²) in [5, 5.41) is 7.11. The largest absolute Gasteiger partial charge is 0.326 e. The standard InChI is InChI=1S/C20H17N3O2/c1-12-9-16(11-18-19(24)22-20(25)21-18)13(2)23(12)17-8-7-14-5-3-4-6-15(14)10-17/h3-11H,1-2H3,(H2,21,22,24,25)/b18-11-. The van der Waals surface area contributed by atoms with Gasteiger partial charge in [-0.05, 0) is 54.5 Å². The smallest absolute Gasteiger partial charge is 0.318 e. The Morgan fingerprint density at radius 1 is 0.920 bits per heavy atom. The quantitative estimate of drug-likeness (QED) is 0.558. The molecule has 0 unspecified atom stereocenters. The summed E-state index contributed by atoms with van der Waals surface area (Å²) in [6, 6.07) is 16.1. The molecule has 0 bridgehead atoms. The molecule has 5 heteroatoms. The van der Waals surface area contributed by atoms with Crippen molar-refractivity contribution in [2.75, 3.05) is 0 Å². The number of hydrogen-bond donors (Lipinski definition) is 2. The van der Waals surface area contributed by atoms with Gasteiger partial charge in [-0.1, -0.05) is 30.3 Å². The van der Waals surface area contributed by atoms with Crippen molar-refractivity contribution in [2.24, 2.45) is 0 Å². The summed E-state index contributed by atoms with van der Waals surface area (Å²) in [6.07, 6.45) is 1.71. The first kappa shape index (κ1) is 15.2. The van der Waals surface area contributed by atoms with Gasteiger partial charge in [0.05, 0.1) is 0 Å². The maximum absolute atomic E-state index is 11.7. The molecule has 2 aromatic carbocycles. The molecule has 2 heterocycles. The number of rotatable bonds is 2. The minimum atomic E-state index is -0.486. The van der Waals surface area contributed by atoms with Gasteiger partial charge in [0.1, 0.15) is 5.70 Å². The Morgan fingerprint density at radius 3 is 2.40 bits per heavy atom. The number of carbonyl (C=O) groups excluding carboxylic acids is 2. The zero-order chi connectivity index (χ0) is 17.6. The van der Waals surface area contributed by atoms with Crippen molar-refractivity contribution in [3.8, 4) is 5.69 Å². The van der Waals surface area contributed by atoms with Crippen molar-refractivity contribution < 1.29 is 9.59 Å². The van der Waals surface area contributed by atoms with Gasteiger partial charge in [0, 0.05) is 17.1 Å². The molecule has 3 amide bonds. The van der Waals surface area contributed by atoms with Gasteiger partial charge < -0.3 is 9.88 Å². The fourth-order valence-electron chi connectivity index (χ4n) is 3.28. The van der Waals surface area contributed by atoms with Crippen molar-refractivity contribution in [1.82, 2.24) is 15.2 Å². The van der Waals surface area contributed by atoms with Crippen LogP contribution in [0, 0.1) is 13.8 Å². The molecule has 0 aliphatic carbocycles. The van der Waals surface area contributed by atoms with Gasteiger partial charge in [-0.15, -0.1) is 0 Å². The number of urea groups is 1. The summed E-state index contributed by atoms with van der Waals surface area (Å²) in [4.78, 5) is 23.0. The summed E-state index contributed by atoms with van der Waals surface area (Å²) in [6.45, 7) is 4.03. The number of amides is 3. The maximum Gasteiger partial charge on any atom is 0.326 e. The van der Waals surface area contributed by atoms with Crippen molar-refractivity contribution in [3.63, 3.8) is 0 Å².